The summed E-state index contributed by atoms with van der Waals surface area (Å²) in [7, 11) is 0. The summed E-state index contributed by atoms with van der Waals surface area (Å²) in [5.74, 6) is -0.795. The van der Waals surface area contributed by atoms with E-state index in [1.807, 2.05) is 16.8 Å². The molecule has 0 unspecified atom stereocenters. The highest BCUT2D eigenvalue weighted by Gasteiger charge is 2.06. The zero-order chi connectivity index (χ0) is 10.8. The molecule has 78 valence electrons. The first-order chi connectivity index (χ1) is 7.18. The highest BCUT2D eigenvalue weighted by atomic mass is 79.9. The third-order valence-electron chi connectivity index (χ3n) is 2.20. The molecule has 0 amide bonds. The summed E-state index contributed by atoms with van der Waals surface area (Å²) in [5, 5.41) is 9.66. The lowest BCUT2D eigenvalue weighted by Crippen LogP contribution is -2.03. The van der Waals surface area contributed by atoms with E-state index in [0.717, 1.165) is 15.4 Å². The van der Waals surface area contributed by atoms with Crippen LogP contribution in [0.15, 0.2) is 29.1 Å². The van der Waals surface area contributed by atoms with E-state index >= 15 is 0 Å². The van der Waals surface area contributed by atoms with Crippen molar-refractivity contribution in [1.29, 1.82) is 0 Å². The fourth-order valence-corrected chi connectivity index (χ4v) is 2.08. The first-order valence-corrected chi connectivity index (χ1v) is 5.28. The van der Waals surface area contributed by atoms with Crippen LogP contribution in [0, 0.1) is 0 Å². The van der Waals surface area contributed by atoms with Crippen molar-refractivity contribution in [2.24, 2.45) is 0 Å². The van der Waals surface area contributed by atoms with Crippen LogP contribution in [-0.2, 0) is 11.3 Å². The maximum absolute atomic E-state index is 10.5. The van der Waals surface area contributed by atoms with Crippen molar-refractivity contribution < 1.29 is 9.90 Å². The lowest BCUT2D eigenvalue weighted by molar-refractivity contribution is -0.137. The second-order valence-corrected chi connectivity index (χ2v) is 4.06. The van der Waals surface area contributed by atoms with Gasteiger partial charge in [-0.1, -0.05) is 0 Å². The van der Waals surface area contributed by atoms with Crippen molar-refractivity contribution in [3.63, 3.8) is 0 Å². The van der Waals surface area contributed by atoms with Gasteiger partial charge in [0.2, 0.25) is 0 Å². The molecule has 0 bridgehead atoms. The summed E-state index contributed by atoms with van der Waals surface area (Å²) in [5.41, 5.74) is 0.950. The van der Waals surface area contributed by atoms with Gasteiger partial charge in [-0.25, -0.2) is 0 Å². The van der Waals surface area contributed by atoms with Gasteiger partial charge in [0.25, 0.3) is 0 Å². The Morgan fingerprint density at radius 2 is 2.40 bits per heavy atom. The van der Waals surface area contributed by atoms with E-state index in [-0.39, 0.29) is 6.42 Å². The second kappa shape index (κ2) is 4.02. The molecule has 0 aliphatic heterocycles. The fraction of sp³-hybridized carbons (Fsp3) is 0.200. The van der Waals surface area contributed by atoms with Crippen LogP contribution < -0.4 is 0 Å². The highest BCUT2D eigenvalue weighted by molar-refractivity contribution is 9.10. The molecule has 15 heavy (non-hydrogen) atoms. The van der Waals surface area contributed by atoms with Crippen LogP contribution in [0.3, 0.4) is 0 Å². The molecule has 0 saturated carbocycles. The van der Waals surface area contributed by atoms with Crippen molar-refractivity contribution in [1.82, 2.24) is 9.55 Å². The summed E-state index contributed by atoms with van der Waals surface area (Å²) in [6, 6.07) is 1.90. The van der Waals surface area contributed by atoms with Gasteiger partial charge in [-0.05, 0) is 22.0 Å². The number of carbonyl (C=O) groups is 1. The molecule has 0 fully saturated rings. The molecule has 2 heterocycles. The molecule has 0 atom stereocenters. The number of halogens is 1. The minimum atomic E-state index is -0.795. The Kier molecular flexibility index (Phi) is 2.73. The quantitative estimate of drug-likeness (QED) is 0.929. The number of pyridine rings is 1. The molecule has 5 heteroatoms. The fourth-order valence-electron chi connectivity index (χ4n) is 1.49. The van der Waals surface area contributed by atoms with E-state index in [2.05, 4.69) is 20.9 Å². The van der Waals surface area contributed by atoms with E-state index in [1.165, 1.54) is 0 Å². The number of hydrogen-bond donors (Lipinski definition) is 1. The number of carboxylic acid groups (broad SMARTS) is 1. The summed E-state index contributed by atoms with van der Waals surface area (Å²) in [6.45, 7) is 0.461. The van der Waals surface area contributed by atoms with Gasteiger partial charge in [0.15, 0.2) is 0 Å². The Bertz CT molecular complexity index is 507. The van der Waals surface area contributed by atoms with Crippen molar-refractivity contribution in [2.45, 2.75) is 13.0 Å². The largest absolute Gasteiger partial charge is 0.481 e. The first kappa shape index (κ1) is 10.2. The Hall–Kier alpha value is -1.36. The van der Waals surface area contributed by atoms with Gasteiger partial charge < -0.3 is 9.67 Å². The number of aryl methyl sites for hydroxylation is 1. The normalized spacial score (nSPS) is 10.7. The van der Waals surface area contributed by atoms with Crippen LogP contribution in [0.5, 0.6) is 0 Å². The Morgan fingerprint density at radius 1 is 1.60 bits per heavy atom. The van der Waals surface area contributed by atoms with Crippen molar-refractivity contribution in [2.75, 3.05) is 0 Å². The van der Waals surface area contributed by atoms with E-state index in [4.69, 9.17) is 5.11 Å². The molecule has 2 aromatic rings. The summed E-state index contributed by atoms with van der Waals surface area (Å²) >= 11 is 3.43. The van der Waals surface area contributed by atoms with E-state index in [0.29, 0.717) is 6.54 Å². The van der Waals surface area contributed by atoms with Crippen LogP contribution in [0.2, 0.25) is 0 Å². The molecular weight excluding hydrogens is 260 g/mol. The van der Waals surface area contributed by atoms with Gasteiger partial charge in [-0.2, -0.15) is 0 Å². The van der Waals surface area contributed by atoms with Crippen molar-refractivity contribution >= 4 is 32.8 Å². The van der Waals surface area contributed by atoms with Gasteiger partial charge in [-0.15, -0.1) is 0 Å². The number of nitrogens with zero attached hydrogens (tertiary/aromatic N) is 2. The van der Waals surface area contributed by atoms with Crippen molar-refractivity contribution in [3.05, 3.63) is 29.1 Å². The highest BCUT2D eigenvalue weighted by Crippen LogP contribution is 2.25. The number of rotatable bonds is 3. The van der Waals surface area contributed by atoms with Gasteiger partial charge in [0.05, 0.1) is 18.1 Å². The molecule has 0 spiro atoms. The molecule has 4 nitrogen and oxygen atoms in total. The van der Waals surface area contributed by atoms with E-state index in [9.17, 15) is 4.79 Å². The minimum Gasteiger partial charge on any atom is -0.481 e. The molecule has 2 rings (SSSR count). The molecule has 1 N–H and O–H groups in total. The number of aromatic nitrogens is 2. The molecular formula is C10H9BrN2O2. The Morgan fingerprint density at radius 3 is 3.13 bits per heavy atom. The summed E-state index contributed by atoms with van der Waals surface area (Å²) in [4.78, 5) is 14.5. The van der Waals surface area contributed by atoms with Gasteiger partial charge in [0.1, 0.15) is 0 Å². The number of carboxylic acids is 1. The number of fused-ring (bicyclic) bond motifs is 1. The van der Waals surface area contributed by atoms with Crippen LogP contribution in [0.4, 0.5) is 0 Å². The number of hydrogen-bond acceptors (Lipinski definition) is 2. The number of aliphatic carboxylic acids is 1. The molecule has 0 saturated heterocycles. The predicted molar refractivity (Wildman–Crippen MR) is 59.7 cm³/mol. The molecule has 0 aliphatic carbocycles. The maximum Gasteiger partial charge on any atom is 0.305 e. The Balaban J connectivity index is 2.39. The zero-order valence-corrected chi connectivity index (χ0v) is 9.44. The molecule has 0 aliphatic rings. The summed E-state index contributed by atoms with van der Waals surface area (Å²) in [6.07, 6.45) is 5.46. The second-order valence-electron chi connectivity index (χ2n) is 3.21. The average molecular weight is 269 g/mol. The third-order valence-corrected chi connectivity index (χ3v) is 2.83. The van der Waals surface area contributed by atoms with Crippen LogP contribution in [0.25, 0.3) is 10.9 Å². The lowest BCUT2D eigenvalue weighted by atomic mass is 10.3. The van der Waals surface area contributed by atoms with Gasteiger partial charge >= 0.3 is 5.97 Å². The third kappa shape index (κ3) is 2.02. The lowest BCUT2D eigenvalue weighted by Gasteiger charge is -2.01. The van der Waals surface area contributed by atoms with E-state index < -0.39 is 5.97 Å². The standard InChI is InChI=1S/C10H9BrN2O2/c11-8-6-13(4-2-10(14)15)9-5-12-3-1-7(8)9/h1,3,5-6H,2,4H2,(H,14,15). The smallest absolute Gasteiger partial charge is 0.305 e. The first-order valence-electron chi connectivity index (χ1n) is 4.48. The molecule has 0 aromatic carbocycles. The topological polar surface area (TPSA) is 55.1 Å². The predicted octanol–water partition coefficient (Wildman–Crippen LogP) is 2.27. The summed E-state index contributed by atoms with van der Waals surface area (Å²) < 4.78 is 2.85. The SMILES string of the molecule is O=C(O)CCn1cc(Br)c2ccncc21. The van der Waals surface area contributed by atoms with Crippen LogP contribution >= 0.6 is 15.9 Å². The van der Waals surface area contributed by atoms with Crippen molar-refractivity contribution in [3.8, 4) is 0 Å². The zero-order valence-electron chi connectivity index (χ0n) is 7.85. The monoisotopic (exact) mass is 268 g/mol. The van der Waals surface area contributed by atoms with Gasteiger partial charge in [0, 0.05) is 28.8 Å². The van der Waals surface area contributed by atoms with Crippen LogP contribution in [-0.4, -0.2) is 20.6 Å². The maximum atomic E-state index is 10.5. The minimum absolute atomic E-state index is 0.116. The van der Waals surface area contributed by atoms with E-state index in [1.54, 1.807) is 12.4 Å². The average Bonchev–Trinajstić information content (AvgIpc) is 2.54. The van der Waals surface area contributed by atoms with Gasteiger partial charge in [-0.3, -0.25) is 9.78 Å². The Labute approximate surface area is 94.7 Å². The molecule has 2 aromatic heterocycles. The molecule has 0 radical (unpaired) electrons. The van der Waals surface area contributed by atoms with Crippen LogP contribution in [0.1, 0.15) is 6.42 Å².